The van der Waals surface area contributed by atoms with Crippen molar-refractivity contribution in [2.45, 2.75) is 32.4 Å². The Morgan fingerprint density at radius 2 is 1.85 bits per heavy atom. The molecule has 27 heavy (non-hydrogen) atoms. The molecule has 1 aliphatic heterocycles. The van der Waals surface area contributed by atoms with Crippen LogP contribution < -0.4 is 5.32 Å². The summed E-state index contributed by atoms with van der Waals surface area (Å²) in [6.45, 7) is 2.84. The van der Waals surface area contributed by atoms with E-state index < -0.39 is 0 Å². The van der Waals surface area contributed by atoms with Gasteiger partial charge in [-0.15, -0.1) is 11.3 Å². The van der Waals surface area contributed by atoms with E-state index >= 15 is 0 Å². The second-order valence-corrected chi connectivity index (χ2v) is 7.77. The van der Waals surface area contributed by atoms with Crippen LogP contribution in [0.4, 0.5) is 5.13 Å². The van der Waals surface area contributed by atoms with Crippen molar-refractivity contribution < 1.29 is 4.79 Å². The molecule has 4 rings (SSSR count). The molecule has 0 saturated carbocycles. The van der Waals surface area contributed by atoms with Gasteiger partial charge in [-0.25, -0.2) is 4.98 Å². The maximum atomic E-state index is 12.2. The first-order chi connectivity index (χ1) is 13.3. The van der Waals surface area contributed by atoms with Gasteiger partial charge in [0.05, 0.1) is 5.69 Å². The molecule has 0 spiro atoms. The van der Waals surface area contributed by atoms with Crippen molar-refractivity contribution >= 4 is 22.4 Å². The molecule has 0 aliphatic carbocycles. The van der Waals surface area contributed by atoms with Gasteiger partial charge >= 0.3 is 0 Å². The molecule has 1 amide bonds. The fourth-order valence-corrected chi connectivity index (χ4v) is 4.16. The summed E-state index contributed by atoms with van der Waals surface area (Å²) in [5, 5.41) is 5.68. The normalized spacial score (nSPS) is 13.9. The Balaban J connectivity index is 1.28. The first kappa shape index (κ1) is 17.9. The van der Waals surface area contributed by atoms with Crippen LogP contribution in [0.2, 0.25) is 0 Å². The van der Waals surface area contributed by atoms with Crippen LogP contribution in [0.15, 0.2) is 60.0 Å². The van der Waals surface area contributed by atoms with Gasteiger partial charge in [0.2, 0.25) is 5.91 Å². The van der Waals surface area contributed by atoms with E-state index in [0.717, 1.165) is 38.2 Å². The number of nitrogens with one attached hydrogen (secondary N) is 1. The topological polar surface area (TPSA) is 45.2 Å². The van der Waals surface area contributed by atoms with Crippen molar-refractivity contribution in [3.63, 3.8) is 0 Å². The van der Waals surface area contributed by atoms with E-state index in [1.807, 2.05) is 35.7 Å². The lowest BCUT2D eigenvalue weighted by atomic mass is 10.00. The molecule has 0 saturated heterocycles. The lowest BCUT2D eigenvalue weighted by Crippen LogP contribution is -2.30. The predicted octanol–water partition coefficient (Wildman–Crippen LogP) is 4.27. The molecule has 1 N–H and O–H groups in total. The molecule has 0 fully saturated rings. The van der Waals surface area contributed by atoms with Crippen molar-refractivity contribution in [2.75, 3.05) is 11.9 Å². The summed E-state index contributed by atoms with van der Waals surface area (Å²) in [6, 6.07) is 18.7. The van der Waals surface area contributed by atoms with Crippen LogP contribution in [0.1, 0.15) is 28.8 Å². The van der Waals surface area contributed by atoms with Crippen LogP contribution in [-0.4, -0.2) is 22.3 Å². The maximum absolute atomic E-state index is 12.2. The van der Waals surface area contributed by atoms with E-state index in [1.54, 1.807) is 0 Å². The standard InChI is InChI=1S/C22H23N3OS/c26-21(11-10-17-6-2-1-3-7-17)24-22-23-20(16-27-22)15-25-13-12-18-8-4-5-9-19(18)14-25/h1-9,16H,10-15H2,(H,23,24,26). The van der Waals surface area contributed by atoms with Crippen LogP contribution in [-0.2, 0) is 30.7 Å². The van der Waals surface area contributed by atoms with Crippen molar-refractivity contribution in [1.29, 1.82) is 0 Å². The number of aromatic nitrogens is 1. The highest BCUT2D eigenvalue weighted by atomic mass is 32.1. The molecule has 3 aromatic rings. The molecule has 0 atom stereocenters. The third-order valence-corrected chi connectivity index (χ3v) is 5.68. The molecule has 2 aromatic carbocycles. The van der Waals surface area contributed by atoms with Gasteiger partial charge < -0.3 is 5.32 Å². The van der Waals surface area contributed by atoms with Crippen LogP contribution in [0.3, 0.4) is 0 Å². The van der Waals surface area contributed by atoms with Crippen molar-refractivity contribution in [2.24, 2.45) is 0 Å². The number of nitrogens with zero attached hydrogens (tertiary/aromatic N) is 2. The number of amides is 1. The number of carbonyl (C=O) groups is 1. The Kier molecular flexibility index (Phi) is 5.61. The molecule has 2 heterocycles. The molecule has 0 unspecified atom stereocenters. The molecule has 5 heteroatoms. The SMILES string of the molecule is O=C(CCc1ccccc1)Nc1nc(CN2CCc3ccccc3C2)cs1. The fourth-order valence-electron chi connectivity index (χ4n) is 3.44. The molecule has 138 valence electrons. The van der Waals surface area contributed by atoms with Crippen LogP contribution in [0.25, 0.3) is 0 Å². The van der Waals surface area contributed by atoms with E-state index in [0.29, 0.717) is 11.6 Å². The van der Waals surface area contributed by atoms with E-state index in [4.69, 9.17) is 0 Å². The smallest absolute Gasteiger partial charge is 0.226 e. The average molecular weight is 378 g/mol. The molecular weight excluding hydrogens is 354 g/mol. The lowest BCUT2D eigenvalue weighted by molar-refractivity contribution is -0.116. The van der Waals surface area contributed by atoms with Gasteiger partial charge in [-0.1, -0.05) is 54.6 Å². The van der Waals surface area contributed by atoms with Gasteiger partial charge in [0.25, 0.3) is 0 Å². The van der Waals surface area contributed by atoms with Gasteiger partial charge in [-0.2, -0.15) is 0 Å². The second-order valence-electron chi connectivity index (χ2n) is 6.91. The summed E-state index contributed by atoms with van der Waals surface area (Å²) in [4.78, 5) is 19.2. The Hall–Kier alpha value is -2.50. The molecule has 4 nitrogen and oxygen atoms in total. The number of benzene rings is 2. The summed E-state index contributed by atoms with van der Waals surface area (Å²) >= 11 is 1.50. The van der Waals surface area contributed by atoms with E-state index in [2.05, 4.69) is 39.5 Å². The van der Waals surface area contributed by atoms with Crippen molar-refractivity contribution in [3.8, 4) is 0 Å². The summed E-state index contributed by atoms with van der Waals surface area (Å²) in [6.07, 6.45) is 2.31. The highest BCUT2D eigenvalue weighted by Gasteiger charge is 2.17. The number of rotatable bonds is 6. The third-order valence-electron chi connectivity index (χ3n) is 4.88. The number of hydrogen-bond donors (Lipinski definition) is 1. The van der Waals surface area contributed by atoms with Crippen LogP contribution in [0, 0.1) is 0 Å². The molecule has 1 aliphatic rings. The van der Waals surface area contributed by atoms with Gasteiger partial charge in [-0.3, -0.25) is 9.69 Å². The lowest BCUT2D eigenvalue weighted by Gasteiger charge is -2.27. The maximum Gasteiger partial charge on any atom is 0.226 e. The highest BCUT2D eigenvalue weighted by Crippen LogP contribution is 2.22. The van der Waals surface area contributed by atoms with Gasteiger partial charge in [-0.05, 0) is 29.5 Å². The zero-order chi connectivity index (χ0) is 18.5. The highest BCUT2D eigenvalue weighted by molar-refractivity contribution is 7.13. The number of aryl methyl sites for hydroxylation is 1. The average Bonchev–Trinajstić information content (AvgIpc) is 3.14. The summed E-state index contributed by atoms with van der Waals surface area (Å²) < 4.78 is 0. The number of fused-ring (bicyclic) bond motifs is 1. The number of carbonyl (C=O) groups excluding carboxylic acids is 1. The molecular formula is C22H23N3OS. The molecule has 0 bridgehead atoms. The summed E-state index contributed by atoms with van der Waals surface area (Å²) in [5.41, 5.74) is 5.07. The minimum Gasteiger partial charge on any atom is -0.302 e. The van der Waals surface area contributed by atoms with Crippen LogP contribution >= 0.6 is 11.3 Å². The Morgan fingerprint density at radius 1 is 1.07 bits per heavy atom. The summed E-state index contributed by atoms with van der Waals surface area (Å²) in [5.74, 6) is 0.0200. The predicted molar refractivity (Wildman–Crippen MR) is 110 cm³/mol. The van der Waals surface area contributed by atoms with Gasteiger partial charge in [0, 0.05) is 31.4 Å². The second kappa shape index (κ2) is 8.46. The number of hydrogen-bond acceptors (Lipinski definition) is 4. The molecule has 0 radical (unpaired) electrons. The fraction of sp³-hybridized carbons (Fsp3) is 0.273. The van der Waals surface area contributed by atoms with Gasteiger partial charge in [0.15, 0.2) is 5.13 Å². The zero-order valence-corrected chi connectivity index (χ0v) is 16.0. The van der Waals surface area contributed by atoms with E-state index in [-0.39, 0.29) is 5.91 Å². The number of anilines is 1. The number of thiazole rings is 1. The van der Waals surface area contributed by atoms with Crippen molar-refractivity contribution in [1.82, 2.24) is 9.88 Å². The van der Waals surface area contributed by atoms with E-state index in [1.165, 1.54) is 28.0 Å². The Morgan fingerprint density at radius 3 is 2.70 bits per heavy atom. The Bertz CT molecular complexity index is 907. The first-order valence-electron chi connectivity index (χ1n) is 9.33. The molecule has 1 aromatic heterocycles. The largest absolute Gasteiger partial charge is 0.302 e. The monoisotopic (exact) mass is 377 g/mol. The van der Waals surface area contributed by atoms with Gasteiger partial charge in [0.1, 0.15) is 0 Å². The van der Waals surface area contributed by atoms with Crippen LogP contribution in [0.5, 0.6) is 0 Å². The quantitative estimate of drug-likeness (QED) is 0.698. The zero-order valence-electron chi connectivity index (χ0n) is 15.2. The Labute approximate surface area is 163 Å². The minimum absolute atomic E-state index is 0.0200. The first-order valence-corrected chi connectivity index (χ1v) is 10.2. The minimum atomic E-state index is 0.0200. The third kappa shape index (κ3) is 4.81. The van der Waals surface area contributed by atoms with E-state index in [9.17, 15) is 4.79 Å². The van der Waals surface area contributed by atoms with Crippen molar-refractivity contribution in [3.05, 3.63) is 82.4 Å². The summed E-state index contributed by atoms with van der Waals surface area (Å²) in [7, 11) is 0.